The van der Waals surface area contributed by atoms with Gasteiger partial charge in [0.1, 0.15) is 6.04 Å². The van der Waals surface area contributed by atoms with E-state index in [-0.39, 0.29) is 12.0 Å². The van der Waals surface area contributed by atoms with Gasteiger partial charge >= 0.3 is 5.97 Å². The van der Waals surface area contributed by atoms with E-state index in [4.69, 9.17) is 4.74 Å². The van der Waals surface area contributed by atoms with Crippen molar-refractivity contribution in [3.63, 3.8) is 0 Å². The summed E-state index contributed by atoms with van der Waals surface area (Å²) >= 11 is 0. The summed E-state index contributed by atoms with van der Waals surface area (Å²) < 4.78 is 5.06. The van der Waals surface area contributed by atoms with Crippen LogP contribution >= 0.6 is 0 Å². The summed E-state index contributed by atoms with van der Waals surface area (Å²) in [4.78, 5) is 11.6. The first-order chi connectivity index (χ1) is 7.31. The van der Waals surface area contributed by atoms with Crippen LogP contribution in [-0.2, 0) is 9.53 Å². The third-order valence-electron chi connectivity index (χ3n) is 3.72. The van der Waals surface area contributed by atoms with E-state index in [1.807, 2.05) is 6.92 Å². The zero-order valence-electron chi connectivity index (χ0n) is 9.50. The van der Waals surface area contributed by atoms with E-state index in [1.165, 1.54) is 32.1 Å². The maximum absolute atomic E-state index is 11.6. The molecule has 2 fully saturated rings. The van der Waals surface area contributed by atoms with Gasteiger partial charge < -0.3 is 10.1 Å². The van der Waals surface area contributed by atoms with E-state index in [2.05, 4.69) is 5.32 Å². The van der Waals surface area contributed by atoms with Crippen molar-refractivity contribution in [1.82, 2.24) is 5.32 Å². The molecule has 1 aliphatic heterocycles. The summed E-state index contributed by atoms with van der Waals surface area (Å²) in [5.74, 6) is 0.756. The van der Waals surface area contributed by atoms with Crippen LogP contribution in [0.25, 0.3) is 0 Å². The van der Waals surface area contributed by atoms with Crippen LogP contribution in [0.4, 0.5) is 0 Å². The van der Waals surface area contributed by atoms with Crippen molar-refractivity contribution >= 4 is 5.97 Å². The fraction of sp³-hybridized carbons (Fsp3) is 0.917. The second-order valence-electron chi connectivity index (χ2n) is 4.70. The minimum absolute atomic E-state index is 0.0377. The maximum Gasteiger partial charge on any atom is 0.323 e. The molecule has 0 amide bonds. The Morgan fingerprint density at radius 3 is 2.87 bits per heavy atom. The molecule has 1 saturated heterocycles. The summed E-state index contributed by atoms with van der Waals surface area (Å²) in [5, 5.41) is 3.47. The number of fused-ring (bicyclic) bond motifs is 1. The average molecular weight is 211 g/mol. The predicted molar refractivity (Wildman–Crippen MR) is 58.5 cm³/mol. The number of esters is 1. The molecule has 0 bridgehead atoms. The minimum atomic E-state index is -0.0541. The molecule has 0 aromatic carbocycles. The second-order valence-corrected chi connectivity index (χ2v) is 4.70. The molecule has 0 aromatic heterocycles. The smallest absolute Gasteiger partial charge is 0.323 e. The van der Waals surface area contributed by atoms with Gasteiger partial charge in [0.05, 0.1) is 6.61 Å². The summed E-state index contributed by atoms with van der Waals surface area (Å²) in [6.45, 7) is 2.36. The molecular weight excluding hydrogens is 190 g/mol. The zero-order chi connectivity index (χ0) is 10.7. The van der Waals surface area contributed by atoms with Crippen LogP contribution < -0.4 is 5.32 Å². The van der Waals surface area contributed by atoms with E-state index in [1.54, 1.807) is 0 Å². The molecule has 1 saturated carbocycles. The molecule has 3 unspecified atom stereocenters. The predicted octanol–water partition coefficient (Wildman–Crippen LogP) is 1.86. The van der Waals surface area contributed by atoms with Crippen molar-refractivity contribution in [3.05, 3.63) is 0 Å². The van der Waals surface area contributed by atoms with Gasteiger partial charge in [0.2, 0.25) is 0 Å². The Labute approximate surface area is 91.6 Å². The molecule has 2 aliphatic rings. The fourth-order valence-electron chi connectivity index (χ4n) is 2.92. The van der Waals surface area contributed by atoms with Crippen molar-refractivity contribution in [2.45, 2.75) is 57.5 Å². The van der Waals surface area contributed by atoms with Crippen molar-refractivity contribution in [2.24, 2.45) is 5.92 Å². The molecule has 3 nitrogen and oxygen atoms in total. The van der Waals surface area contributed by atoms with Gasteiger partial charge in [-0.15, -0.1) is 0 Å². The molecule has 1 heterocycles. The Kier molecular flexibility index (Phi) is 3.62. The minimum Gasteiger partial charge on any atom is -0.465 e. The molecule has 0 aromatic rings. The van der Waals surface area contributed by atoms with Crippen LogP contribution in [0.2, 0.25) is 0 Å². The highest BCUT2D eigenvalue weighted by atomic mass is 16.5. The highest BCUT2D eigenvalue weighted by molar-refractivity contribution is 5.75. The lowest BCUT2D eigenvalue weighted by molar-refractivity contribution is -0.147. The van der Waals surface area contributed by atoms with Crippen molar-refractivity contribution < 1.29 is 9.53 Å². The van der Waals surface area contributed by atoms with Crippen LogP contribution in [0.5, 0.6) is 0 Å². The molecule has 3 heteroatoms. The Hall–Kier alpha value is -0.570. The van der Waals surface area contributed by atoms with Gasteiger partial charge in [-0.1, -0.05) is 12.8 Å². The monoisotopic (exact) mass is 211 g/mol. The van der Waals surface area contributed by atoms with E-state index in [9.17, 15) is 4.79 Å². The highest BCUT2D eigenvalue weighted by Gasteiger charge is 2.34. The largest absolute Gasteiger partial charge is 0.465 e. The lowest BCUT2D eigenvalue weighted by Gasteiger charge is -2.39. The van der Waals surface area contributed by atoms with Gasteiger partial charge in [0, 0.05) is 6.04 Å². The molecule has 0 spiro atoms. The molecule has 1 N–H and O–H groups in total. The van der Waals surface area contributed by atoms with Gasteiger partial charge in [-0.05, 0) is 38.5 Å². The molecular formula is C12H21NO2. The fourth-order valence-corrected chi connectivity index (χ4v) is 2.92. The Balaban J connectivity index is 1.87. The lowest BCUT2D eigenvalue weighted by Crippen LogP contribution is -2.52. The maximum atomic E-state index is 11.6. The van der Waals surface area contributed by atoms with Crippen LogP contribution in [0.1, 0.15) is 45.4 Å². The average Bonchev–Trinajstić information content (AvgIpc) is 2.29. The summed E-state index contributed by atoms with van der Waals surface area (Å²) in [6, 6.07) is 0.534. The standard InChI is InChI=1S/C12H21NO2/c1-2-15-12(14)11-8-7-9-5-3-4-6-10(9)13-11/h9-11,13H,2-8H2,1H3. The van der Waals surface area contributed by atoms with Gasteiger partial charge in [-0.25, -0.2) is 0 Å². The molecule has 2 rings (SSSR count). The van der Waals surface area contributed by atoms with Gasteiger partial charge in [0.15, 0.2) is 0 Å². The normalized spacial score (nSPS) is 35.7. The highest BCUT2D eigenvalue weighted by Crippen LogP contribution is 2.32. The van der Waals surface area contributed by atoms with Crippen LogP contribution in [0.3, 0.4) is 0 Å². The summed E-state index contributed by atoms with van der Waals surface area (Å²) in [7, 11) is 0. The van der Waals surface area contributed by atoms with Crippen molar-refractivity contribution in [2.75, 3.05) is 6.61 Å². The third-order valence-corrected chi connectivity index (χ3v) is 3.72. The first-order valence-electron chi connectivity index (χ1n) is 6.24. The number of nitrogens with one attached hydrogen (secondary N) is 1. The molecule has 15 heavy (non-hydrogen) atoms. The number of carbonyl (C=O) groups excluding carboxylic acids is 1. The van der Waals surface area contributed by atoms with Gasteiger partial charge in [-0.2, -0.15) is 0 Å². The number of piperidine rings is 1. The van der Waals surface area contributed by atoms with E-state index in [0.29, 0.717) is 12.6 Å². The quantitative estimate of drug-likeness (QED) is 0.708. The molecule has 1 aliphatic carbocycles. The molecule has 3 atom stereocenters. The number of hydrogen-bond donors (Lipinski definition) is 1. The Bertz CT molecular complexity index is 230. The molecule has 0 radical (unpaired) electrons. The van der Waals surface area contributed by atoms with Crippen LogP contribution in [0.15, 0.2) is 0 Å². The Morgan fingerprint density at radius 2 is 2.07 bits per heavy atom. The number of rotatable bonds is 2. The number of carbonyl (C=O) groups is 1. The lowest BCUT2D eigenvalue weighted by atomic mass is 9.78. The Morgan fingerprint density at radius 1 is 1.27 bits per heavy atom. The van der Waals surface area contributed by atoms with Gasteiger partial charge in [0.25, 0.3) is 0 Å². The van der Waals surface area contributed by atoms with Crippen LogP contribution in [0, 0.1) is 5.92 Å². The second kappa shape index (κ2) is 4.97. The number of hydrogen-bond acceptors (Lipinski definition) is 3. The first-order valence-corrected chi connectivity index (χ1v) is 6.24. The van der Waals surface area contributed by atoms with Gasteiger partial charge in [-0.3, -0.25) is 4.79 Å². The topological polar surface area (TPSA) is 38.3 Å². The van der Waals surface area contributed by atoms with E-state index in [0.717, 1.165) is 12.3 Å². The third kappa shape index (κ3) is 2.51. The first kappa shape index (κ1) is 10.9. The molecule has 86 valence electrons. The zero-order valence-corrected chi connectivity index (χ0v) is 9.50. The van der Waals surface area contributed by atoms with E-state index >= 15 is 0 Å². The SMILES string of the molecule is CCOC(=O)C1CCC2CCCCC2N1. The van der Waals surface area contributed by atoms with Crippen LogP contribution in [-0.4, -0.2) is 24.7 Å². The van der Waals surface area contributed by atoms with E-state index < -0.39 is 0 Å². The van der Waals surface area contributed by atoms with Crippen molar-refractivity contribution in [3.8, 4) is 0 Å². The van der Waals surface area contributed by atoms with Crippen molar-refractivity contribution in [1.29, 1.82) is 0 Å². The summed E-state index contributed by atoms with van der Waals surface area (Å²) in [5.41, 5.74) is 0. The summed E-state index contributed by atoms with van der Waals surface area (Å²) in [6.07, 6.45) is 7.41. The number of ether oxygens (including phenoxy) is 1.